The Labute approximate surface area is 168 Å². The summed E-state index contributed by atoms with van der Waals surface area (Å²) in [6, 6.07) is 7.95. The first kappa shape index (κ1) is 20.3. The number of amides is 1. The number of nitro benzene ring substituents is 1. The maximum atomic E-state index is 12.4. The number of nitrogens with zero attached hydrogens (tertiary/aromatic N) is 5. The number of non-ortho nitro benzene ring substituents is 1. The molecule has 1 aliphatic heterocycles. The fourth-order valence-corrected chi connectivity index (χ4v) is 3.33. The van der Waals surface area contributed by atoms with Crippen LogP contribution >= 0.6 is 0 Å². The number of ether oxygens (including phenoxy) is 1. The summed E-state index contributed by atoms with van der Waals surface area (Å²) in [4.78, 5) is 31.2. The molecule has 1 fully saturated rings. The zero-order chi connectivity index (χ0) is 21.3. The number of nitro groups is 1. The van der Waals surface area contributed by atoms with Crippen LogP contribution in [0.1, 0.15) is 33.3 Å². The van der Waals surface area contributed by atoms with Crippen molar-refractivity contribution in [3.8, 4) is 6.07 Å². The second-order valence-electron chi connectivity index (χ2n) is 8.07. The summed E-state index contributed by atoms with van der Waals surface area (Å²) in [7, 11) is 0. The van der Waals surface area contributed by atoms with Gasteiger partial charge in [0.2, 0.25) is 0 Å². The van der Waals surface area contributed by atoms with Crippen molar-refractivity contribution in [1.82, 2.24) is 9.88 Å². The molecule has 1 saturated heterocycles. The summed E-state index contributed by atoms with van der Waals surface area (Å²) in [5, 5.41) is 21.0. The molecule has 1 atom stereocenters. The van der Waals surface area contributed by atoms with E-state index in [9.17, 15) is 20.2 Å². The molecule has 0 aliphatic carbocycles. The van der Waals surface area contributed by atoms with E-state index < -0.39 is 10.5 Å². The Bertz CT molecular complexity index is 1010. The summed E-state index contributed by atoms with van der Waals surface area (Å²) in [6.07, 6.45) is -0.346. The summed E-state index contributed by atoms with van der Waals surface area (Å²) in [6.45, 7) is 8.98. The topological polar surface area (TPSA) is 113 Å². The van der Waals surface area contributed by atoms with E-state index in [0.717, 1.165) is 0 Å². The van der Waals surface area contributed by atoms with Gasteiger partial charge in [0.15, 0.2) is 0 Å². The molecule has 9 nitrogen and oxygen atoms in total. The predicted molar refractivity (Wildman–Crippen MR) is 108 cm³/mol. The molecule has 0 bridgehead atoms. The van der Waals surface area contributed by atoms with Crippen molar-refractivity contribution in [3.05, 3.63) is 39.9 Å². The summed E-state index contributed by atoms with van der Waals surface area (Å²) >= 11 is 0. The lowest BCUT2D eigenvalue weighted by atomic mass is 10.1. The van der Waals surface area contributed by atoms with Gasteiger partial charge in [0, 0.05) is 43.2 Å². The number of pyridine rings is 1. The van der Waals surface area contributed by atoms with Crippen LogP contribution in [0.4, 0.5) is 16.3 Å². The molecule has 152 valence electrons. The van der Waals surface area contributed by atoms with Gasteiger partial charge in [-0.1, -0.05) is 0 Å². The third-order valence-electron chi connectivity index (χ3n) is 4.69. The van der Waals surface area contributed by atoms with Crippen molar-refractivity contribution in [2.75, 3.05) is 24.5 Å². The van der Waals surface area contributed by atoms with Crippen LogP contribution in [0.2, 0.25) is 0 Å². The molecule has 1 aliphatic rings. The third kappa shape index (κ3) is 4.37. The molecule has 1 amide bonds. The maximum absolute atomic E-state index is 12.4. The number of hydrogen-bond acceptors (Lipinski definition) is 7. The molecule has 0 saturated carbocycles. The lowest BCUT2D eigenvalue weighted by molar-refractivity contribution is -0.384. The van der Waals surface area contributed by atoms with E-state index in [1.54, 1.807) is 17.0 Å². The van der Waals surface area contributed by atoms with E-state index in [1.807, 2.05) is 32.6 Å². The highest BCUT2D eigenvalue weighted by Gasteiger charge is 2.31. The Kier molecular flexibility index (Phi) is 5.29. The van der Waals surface area contributed by atoms with Crippen molar-refractivity contribution in [3.63, 3.8) is 0 Å². The number of nitriles is 1. The van der Waals surface area contributed by atoms with Crippen LogP contribution in [0.3, 0.4) is 0 Å². The highest BCUT2D eigenvalue weighted by atomic mass is 16.6. The number of piperazine rings is 1. The molecule has 0 N–H and O–H groups in total. The van der Waals surface area contributed by atoms with Gasteiger partial charge in [0.25, 0.3) is 5.69 Å². The van der Waals surface area contributed by atoms with E-state index in [4.69, 9.17) is 4.74 Å². The number of aromatic nitrogens is 1. The molecule has 0 spiro atoms. The molecule has 2 aromatic rings. The zero-order valence-electron chi connectivity index (χ0n) is 16.9. The minimum Gasteiger partial charge on any atom is -0.444 e. The molecule has 29 heavy (non-hydrogen) atoms. The van der Waals surface area contributed by atoms with Crippen LogP contribution in [0.15, 0.2) is 24.3 Å². The van der Waals surface area contributed by atoms with Crippen LogP contribution < -0.4 is 4.90 Å². The SMILES string of the molecule is C[C@@H]1CN(c2cc(C#N)c3cc([N+](=O)[O-])ccc3n2)CCN1C(=O)OC(C)(C)C. The minimum atomic E-state index is -0.557. The molecular weight excluding hydrogens is 374 g/mol. The van der Waals surface area contributed by atoms with Crippen molar-refractivity contribution in [1.29, 1.82) is 5.26 Å². The molecule has 1 aromatic carbocycles. The fourth-order valence-electron chi connectivity index (χ4n) is 3.33. The average Bonchev–Trinajstić information content (AvgIpc) is 2.64. The number of benzene rings is 1. The molecule has 3 rings (SSSR count). The van der Waals surface area contributed by atoms with Gasteiger partial charge in [-0.15, -0.1) is 0 Å². The van der Waals surface area contributed by atoms with Gasteiger partial charge >= 0.3 is 6.09 Å². The monoisotopic (exact) mass is 397 g/mol. The number of hydrogen-bond donors (Lipinski definition) is 0. The minimum absolute atomic E-state index is 0.0804. The standard InChI is InChI=1S/C20H23N5O4/c1-13-12-23(7-8-24(13)19(26)29-20(2,3)4)18-9-14(11-21)16-10-15(25(27)28)5-6-17(16)22-18/h5-6,9-10,13H,7-8,12H2,1-4H3/t13-/m1/s1. The lowest BCUT2D eigenvalue weighted by Gasteiger charge is -2.40. The Morgan fingerprint density at radius 3 is 2.66 bits per heavy atom. The van der Waals surface area contributed by atoms with Crippen molar-refractivity contribution >= 4 is 28.5 Å². The van der Waals surface area contributed by atoms with Crippen LogP contribution in [0.25, 0.3) is 10.9 Å². The largest absolute Gasteiger partial charge is 0.444 e. The molecule has 2 heterocycles. The van der Waals surface area contributed by atoms with Gasteiger partial charge in [-0.3, -0.25) is 10.1 Å². The second-order valence-corrected chi connectivity index (χ2v) is 8.07. The smallest absolute Gasteiger partial charge is 0.410 e. The quantitative estimate of drug-likeness (QED) is 0.563. The maximum Gasteiger partial charge on any atom is 0.410 e. The Morgan fingerprint density at radius 1 is 1.34 bits per heavy atom. The summed E-state index contributed by atoms with van der Waals surface area (Å²) < 4.78 is 5.47. The molecule has 0 unspecified atom stereocenters. The number of fused-ring (bicyclic) bond motifs is 1. The first-order valence-corrected chi connectivity index (χ1v) is 9.33. The van der Waals surface area contributed by atoms with Crippen molar-refractivity contribution in [2.45, 2.75) is 39.3 Å². The molecule has 1 aromatic heterocycles. The fraction of sp³-hybridized carbons (Fsp3) is 0.450. The van der Waals surface area contributed by atoms with Gasteiger partial charge in [-0.2, -0.15) is 5.26 Å². The van der Waals surface area contributed by atoms with Crippen molar-refractivity contribution in [2.24, 2.45) is 0 Å². The van der Waals surface area contributed by atoms with Gasteiger partial charge in [-0.05, 0) is 39.8 Å². The highest BCUT2D eigenvalue weighted by Crippen LogP contribution is 2.27. The van der Waals surface area contributed by atoms with Crippen LogP contribution in [0, 0.1) is 21.4 Å². The van der Waals surface area contributed by atoms with E-state index in [2.05, 4.69) is 11.1 Å². The Balaban J connectivity index is 1.85. The molecular formula is C20H23N5O4. The Hall–Kier alpha value is -3.41. The predicted octanol–water partition coefficient (Wildman–Crippen LogP) is 3.46. The highest BCUT2D eigenvalue weighted by molar-refractivity contribution is 5.88. The van der Waals surface area contributed by atoms with E-state index >= 15 is 0 Å². The van der Waals surface area contributed by atoms with E-state index in [1.165, 1.54) is 12.1 Å². The average molecular weight is 397 g/mol. The Morgan fingerprint density at radius 2 is 2.07 bits per heavy atom. The first-order chi connectivity index (χ1) is 13.6. The molecule has 0 radical (unpaired) electrons. The van der Waals surface area contributed by atoms with Crippen LogP contribution in [-0.2, 0) is 4.74 Å². The number of carbonyl (C=O) groups excluding carboxylic acids is 1. The molecule has 9 heteroatoms. The number of carbonyl (C=O) groups is 1. The van der Waals surface area contributed by atoms with Crippen LogP contribution in [-0.4, -0.2) is 52.2 Å². The number of anilines is 1. The summed E-state index contributed by atoms with van der Waals surface area (Å²) in [5.74, 6) is 0.610. The van der Waals surface area contributed by atoms with Crippen molar-refractivity contribution < 1.29 is 14.5 Å². The van der Waals surface area contributed by atoms with E-state index in [0.29, 0.717) is 41.9 Å². The van der Waals surface area contributed by atoms with Gasteiger partial charge in [0.05, 0.1) is 22.1 Å². The van der Waals surface area contributed by atoms with Crippen LogP contribution in [0.5, 0.6) is 0 Å². The zero-order valence-corrected chi connectivity index (χ0v) is 16.9. The summed E-state index contributed by atoms with van der Waals surface area (Å²) in [5.41, 5.74) is 0.212. The van der Waals surface area contributed by atoms with Gasteiger partial charge < -0.3 is 14.5 Å². The lowest BCUT2D eigenvalue weighted by Crippen LogP contribution is -2.55. The number of rotatable bonds is 2. The van der Waals surface area contributed by atoms with Gasteiger partial charge in [0.1, 0.15) is 11.4 Å². The normalized spacial score (nSPS) is 17.1. The third-order valence-corrected chi connectivity index (χ3v) is 4.69. The van der Waals surface area contributed by atoms with E-state index in [-0.39, 0.29) is 17.8 Å². The second kappa shape index (κ2) is 7.54. The van der Waals surface area contributed by atoms with Gasteiger partial charge in [-0.25, -0.2) is 9.78 Å². The first-order valence-electron chi connectivity index (χ1n) is 9.33.